The molecule has 0 aliphatic heterocycles. The van der Waals surface area contributed by atoms with Crippen LogP contribution < -0.4 is 0 Å². The Morgan fingerprint density at radius 3 is 1.24 bits per heavy atom. The predicted molar refractivity (Wildman–Crippen MR) is 108 cm³/mol. The van der Waals surface area contributed by atoms with E-state index in [1.807, 2.05) is 0 Å². The smallest absolute Gasteiger partial charge is 0.00639 e. The van der Waals surface area contributed by atoms with Crippen molar-refractivity contribution in [3.05, 3.63) is 107 Å². The van der Waals surface area contributed by atoms with Crippen molar-refractivity contribution in [1.29, 1.82) is 0 Å². The molecule has 0 spiro atoms. The molecule has 2 unspecified atom stereocenters. The van der Waals surface area contributed by atoms with Gasteiger partial charge in [0.05, 0.1) is 0 Å². The first-order valence-corrected chi connectivity index (χ1v) is 9.32. The van der Waals surface area contributed by atoms with E-state index in [9.17, 15) is 0 Å². The molecule has 0 aromatic heterocycles. The lowest BCUT2D eigenvalue weighted by Gasteiger charge is -2.25. The summed E-state index contributed by atoms with van der Waals surface area (Å²) in [6.07, 6.45) is 0. The number of hydrogen-bond acceptors (Lipinski definition) is 0. The van der Waals surface area contributed by atoms with Crippen LogP contribution in [0.2, 0.25) is 0 Å². The van der Waals surface area contributed by atoms with Gasteiger partial charge in [-0.3, -0.25) is 0 Å². The van der Waals surface area contributed by atoms with Crippen LogP contribution in [0.25, 0.3) is 0 Å². The van der Waals surface area contributed by atoms with Crippen LogP contribution in [0.5, 0.6) is 0 Å². The van der Waals surface area contributed by atoms with Gasteiger partial charge in [0.2, 0.25) is 0 Å². The highest BCUT2D eigenvalue weighted by Gasteiger charge is 2.21. The lowest BCUT2D eigenvalue weighted by molar-refractivity contribution is 0.774. The van der Waals surface area contributed by atoms with Crippen LogP contribution in [0.1, 0.15) is 73.3 Å². The summed E-state index contributed by atoms with van der Waals surface area (Å²) in [6, 6.07) is 28.5. The first kappa shape index (κ1) is 17.5. The normalized spacial score (nSPS) is 13.6. The Labute approximate surface area is 152 Å². The summed E-state index contributed by atoms with van der Waals surface area (Å²) in [5.74, 6) is 1.31. The minimum Gasteiger partial charge on any atom is -0.0622 e. The van der Waals surface area contributed by atoms with E-state index < -0.39 is 0 Å². The second-order valence-corrected chi connectivity index (χ2v) is 7.27. The molecular formula is C25H28. The van der Waals surface area contributed by atoms with Gasteiger partial charge >= 0.3 is 0 Å². The van der Waals surface area contributed by atoms with Crippen molar-refractivity contribution >= 4 is 0 Å². The largest absolute Gasteiger partial charge is 0.0622 e. The van der Waals surface area contributed by atoms with E-state index in [1.165, 1.54) is 27.8 Å². The fourth-order valence-electron chi connectivity index (χ4n) is 3.87. The first-order valence-electron chi connectivity index (χ1n) is 9.32. The van der Waals surface area contributed by atoms with E-state index in [1.54, 1.807) is 0 Å². The highest BCUT2D eigenvalue weighted by Crippen LogP contribution is 2.37. The van der Waals surface area contributed by atoms with Crippen LogP contribution >= 0.6 is 0 Å². The minimum atomic E-state index is 0.404. The Morgan fingerprint density at radius 2 is 0.880 bits per heavy atom. The molecule has 0 bridgehead atoms. The molecule has 3 aromatic carbocycles. The molecule has 0 aliphatic rings. The number of rotatable bonds is 5. The summed E-state index contributed by atoms with van der Waals surface area (Å²) in [7, 11) is 0. The molecule has 0 heteroatoms. The molecular weight excluding hydrogens is 300 g/mol. The van der Waals surface area contributed by atoms with E-state index in [-0.39, 0.29) is 0 Å². The van der Waals surface area contributed by atoms with Gasteiger partial charge in [-0.15, -0.1) is 0 Å². The molecule has 0 aliphatic carbocycles. The maximum absolute atomic E-state index is 2.33. The zero-order chi connectivity index (χ0) is 17.8. The van der Waals surface area contributed by atoms with E-state index in [4.69, 9.17) is 0 Å². The molecule has 128 valence electrons. The molecule has 3 rings (SSSR count). The lowest BCUT2D eigenvalue weighted by Crippen LogP contribution is -2.09. The predicted octanol–water partition coefficient (Wildman–Crippen LogP) is 7.11. The topological polar surface area (TPSA) is 0 Å². The van der Waals surface area contributed by atoms with Gasteiger partial charge in [-0.05, 0) is 33.7 Å². The van der Waals surface area contributed by atoms with Gasteiger partial charge in [0.25, 0.3) is 0 Å². The van der Waals surface area contributed by atoms with Crippen molar-refractivity contribution in [2.24, 2.45) is 0 Å². The van der Waals surface area contributed by atoms with E-state index in [0.29, 0.717) is 17.8 Å². The Bertz CT molecular complexity index is 736. The highest BCUT2D eigenvalue weighted by atomic mass is 14.2. The summed E-state index contributed by atoms with van der Waals surface area (Å²) in [6.45, 7) is 9.29. The first-order chi connectivity index (χ1) is 12.1. The van der Waals surface area contributed by atoms with Crippen molar-refractivity contribution in [2.75, 3.05) is 0 Å². The standard InChI is InChI=1S/C25H28/c1-18(2)25-23(19(3)21-12-7-5-8-13-21)16-11-17-24(25)20(4)22-14-9-6-10-15-22/h5-20H,1-4H3. The van der Waals surface area contributed by atoms with E-state index in [2.05, 4.69) is 107 Å². The Kier molecular flexibility index (Phi) is 5.38. The summed E-state index contributed by atoms with van der Waals surface area (Å²) in [4.78, 5) is 0. The fourth-order valence-corrected chi connectivity index (χ4v) is 3.87. The molecule has 2 atom stereocenters. The third-order valence-corrected chi connectivity index (χ3v) is 5.28. The second-order valence-electron chi connectivity index (χ2n) is 7.27. The molecule has 25 heavy (non-hydrogen) atoms. The Hall–Kier alpha value is -2.34. The van der Waals surface area contributed by atoms with Gasteiger partial charge in [0, 0.05) is 11.8 Å². The van der Waals surface area contributed by atoms with Crippen molar-refractivity contribution in [1.82, 2.24) is 0 Å². The summed E-state index contributed by atoms with van der Waals surface area (Å²) < 4.78 is 0. The molecule has 3 aromatic rings. The molecule has 0 saturated heterocycles. The van der Waals surface area contributed by atoms with E-state index in [0.717, 1.165) is 0 Å². The van der Waals surface area contributed by atoms with Crippen molar-refractivity contribution in [3.63, 3.8) is 0 Å². The van der Waals surface area contributed by atoms with Crippen LogP contribution in [0.15, 0.2) is 78.9 Å². The zero-order valence-electron chi connectivity index (χ0n) is 15.7. The van der Waals surface area contributed by atoms with Gasteiger partial charge in [-0.25, -0.2) is 0 Å². The van der Waals surface area contributed by atoms with Gasteiger partial charge in [0.1, 0.15) is 0 Å². The summed E-state index contributed by atoms with van der Waals surface area (Å²) in [5.41, 5.74) is 7.20. The third-order valence-electron chi connectivity index (χ3n) is 5.28. The summed E-state index contributed by atoms with van der Waals surface area (Å²) in [5, 5.41) is 0. The fraction of sp³-hybridized carbons (Fsp3) is 0.280. The highest BCUT2D eigenvalue weighted by molar-refractivity contribution is 5.47. The Balaban J connectivity index is 2.09. The lowest BCUT2D eigenvalue weighted by atomic mass is 9.79. The molecule has 0 heterocycles. The Morgan fingerprint density at radius 1 is 0.480 bits per heavy atom. The van der Waals surface area contributed by atoms with Gasteiger partial charge in [-0.2, -0.15) is 0 Å². The third kappa shape index (κ3) is 3.69. The maximum atomic E-state index is 2.33. The minimum absolute atomic E-state index is 0.404. The molecule has 0 radical (unpaired) electrons. The average molecular weight is 328 g/mol. The number of hydrogen-bond donors (Lipinski definition) is 0. The second kappa shape index (κ2) is 7.70. The van der Waals surface area contributed by atoms with Crippen molar-refractivity contribution in [2.45, 2.75) is 45.4 Å². The molecule has 0 N–H and O–H groups in total. The molecule has 0 saturated carbocycles. The van der Waals surface area contributed by atoms with Crippen molar-refractivity contribution in [3.8, 4) is 0 Å². The van der Waals surface area contributed by atoms with Crippen LogP contribution in [0.4, 0.5) is 0 Å². The zero-order valence-corrected chi connectivity index (χ0v) is 15.7. The number of benzene rings is 3. The van der Waals surface area contributed by atoms with Gasteiger partial charge in [0.15, 0.2) is 0 Å². The molecule has 0 fully saturated rings. The van der Waals surface area contributed by atoms with Gasteiger partial charge < -0.3 is 0 Å². The monoisotopic (exact) mass is 328 g/mol. The summed E-state index contributed by atoms with van der Waals surface area (Å²) >= 11 is 0. The van der Waals surface area contributed by atoms with Crippen LogP contribution in [-0.4, -0.2) is 0 Å². The molecule has 0 nitrogen and oxygen atoms in total. The van der Waals surface area contributed by atoms with Crippen molar-refractivity contribution < 1.29 is 0 Å². The molecule has 0 amide bonds. The van der Waals surface area contributed by atoms with Crippen LogP contribution in [-0.2, 0) is 0 Å². The average Bonchev–Trinajstić information content (AvgIpc) is 2.67. The van der Waals surface area contributed by atoms with Crippen LogP contribution in [0.3, 0.4) is 0 Å². The maximum Gasteiger partial charge on any atom is 0.00639 e. The van der Waals surface area contributed by atoms with E-state index >= 15 is 0 Å². The van der Waals surface area contributed by atoms with Crippen LogP contribution in [0, 0.1) is 0 Å². The van der Waals surface area contributed by atoms with Gasteiger partial charge in [-0.1, -0.05) is 107 Å². The quantitative estimate of drug-likeness (QED) is 0.468. The SMILES string of the molecule is CC(C)c1c(C(C)c2ccccc2)cccc1C(C)c1ccccc1.